The van der Waals surface area contributed by atoms with Gasteiger partial charge in [0.1, 0.15) is 7.80 Å². The Morgan fingerprint density at radius 2 is 1.27 bits per heavy atom. The molecule has 0 N–H and O–H groups in total. The van der Waals surface area contributed by atoms with Gasteiger partial charge in [0.15, 0.2) is 0 Å². The highest BCUT2D eigenvalue weighted by molar-refractivity contribution is 7.61. The summed E-state index contributed by atoms with van der Waals surface area (Å²) in [6, 6.07) is 16.1. The van der Waals surface area contributed by atoms with Crippen LogP contribution in [0.5, 0.6) is 0 Å². The fraction of sp³-hybridized carbons (Fsp3) is 0.0769. The highest BCUT2D eigenvalue weighted by atomic mass is 31.1. The van der Waals surface area contributed by atoms with Gasteiger partial charge in [-0.05, 0) is 17.5 Å². The van der Waals surface area contributed by atoms with Crippen LogP contribution in [0.4, 0.5) is 0 Å². The molecule has 0 atom stereocenters. The van der Waals surface area contributed by atoms with E-state index in [-0.39, 0.29) is 0 Å². The quantitative estimate of drug-likeness (QED) is 0.524. The first-order chi connectivity index (χ1) is 7.36. The molecule has 0 fully saturated rings. The summed E-state index contributed by atoms with van der Waals surface area (Å²) in [5.74, 6) is 0. The maximum atomic E-state index is 12.3. The summed E-state index contributed by atoms with van der Waals surface area (Å²) < 4.78 is 12.3. The van der Waals surface area contributed by atoms with Crippen LogP contribution >= 0.6 is 7.80 Å². The Hall–Kier alpha value is -1.33. The number of hydrogen-bond acceptors (Lipinski definition) is 1. The zero-order chi connectivity index (χ0) is 10.3. The molecule has 0 bridgehead atoms. The Kier molecular flexibility index (Phi) is 2.00. The third-order valence-corrected chi connectivity index (χ3v) is 4.86. The van der Waals surface area contributed by atoms with Crippen LogP contribution in [0.1, 0.15) is 11.1 Å². The Bertz CT molecular complexity index is 498. The van der Waals surface area contributed by atoms with Gasteiger partial charge in [0, 0.05) is 10.6 Å². The molecule has 0 saturated carbocycles. The van der Waals surface area contributed by atoms with Gasteiger partial charge in [-0.1, -0.05) is 48.5 Å². The third kappa shape index (κ3) is 1.35. The van der Waals surface area contributed by atoms with Gasteiger partial charge in [0.2, 0.25) is 0 Å². The van der Waals surface area contributed by atoms with Crippen molar-refractivity contribution in [1.82, 2.24) is 0 Å². The molecular weight excluding hydrogens is 203 g/mol. The van der Waals surface area contributed by atoms with Crippen LogP contribution in [0.25, 0.3) is 0 Å². The second kappa shape index (κ2) is 3.36. The standard InChI is InChI=1S/C13H11OP/c14-15-12-7-3-1-5-10(12)9-11-6-2-4-8-13(11)15/h1-8,15H,9H2. The van der Waals surface area contributed by atoms with E-state index in [1.807, 2.05) is 36.4 Å². The van der Waals surface area contributed by atoms with E-state index in [1.54, 1.807) is 0 Å². The Morgan fingerprint density at radius 3 is 1.80 bits per heavy atom. The monoisotopic (exact) mass is 214 g/mol. The fourth-order valence-electron chi connectivity index (χ4n) is 2.14. The number of hydrogen-bond donors (Lipinski definition) is 0. The summed E-state index contributed by atoms with van der Waals surface area (Å²) in [5.41, 5.74) is 2.44. The van der Waals surface area contributed by atoms with Crippen LogP contribution < -0.4 is 10.6 Å². The maximum Gasteiger partial charge on any atom is 0.132 e. The summed E-state index contributed by atoms with van der Waals surface area (Å²) in [5, 5.41) is 2.09. The van der Waals surface area contributed by atoms with E-state index in [0.29, 0.717) is 0 Å². The van der Waals surface area contributed by atoms with Crippen molar-refractivity contribution >= 4 is 18.4 Å². The summed E-state index contributed by atoms with van der Waals surface area (Å²) in [6.07, 6.45) is 0.919. The molecule has 1 aliphatic rings. The van der Waals surface area contributed by atoms with Crippen molar-refractivity contribution < 1.29 is 4.57 Å². The summed E-state index contributed by atoms with van der Waals surface area (Å²) in [7, 11) is -1.76. The molecular formula is C13H11OP. The first kappa shape index (κ1) is 8.94. The molecule has 0 spiro atoms. The maximum absolute atomic E-state index is 12.3. The van der Waals surface area contributed by atoms with Gasteiger partial charge >= 0.3 is 0 Å². The molecule has 2 heteroatoms. The van der Waals surface area contributed by atoms with Crippen molar-refractivity contribution in [2.45, 2.75) is 6.42 Å². The Labute approximate surface area is 89.6 Å². The molecule has 15 heavy (non-hydrogen) atoms. The molecule has 2 aromatic carbocycles. The SMILES string of the molecule is O=[PH]1c2ccccc2Cc2ccccc21. The van der Waals surface area contributed by atoms with Gasteiger partial charge in [0.25, 0.3) is 0 Å². The molecule has 1 aliphatic heterocycles. The van der Waals surface area contributed by atoms with Gasteiger partial charge in [-0.3, -0.25) is 0 Å². The van der Waals surface area contributed by atoms with Crippen molar-refractivity contribution in [3.05, 3.63) is 59.7 Å². The lowest BCUT2D eigenvalue weighted by Gasteiger charge is -2.18. The van der Waals surface area contributed by atoms with Crippen molar-refractivity contribution in [3.8, 4) is 0 Å². The highest BCUT2D eigenvalue weighted by Gasteiger charge is 2.20. The van der Waals surface area contributed by atoms with E-state index in [4.69, 9.17) is 0 Å². The number of benzene rings is 2. The number of rotatable bonds is 0. The molecule has 2 aromatic rings. The van der Waals surface area contributed by atoms with E-state index in [1.165, 1.54) is 11.1 Å². The summed E-state index contributed by atoms with van der Waals surface area (Å²) in [6.45, 7) is 0. The zero-order valence-electron chi connectivity index (χ0n) is 8.23. The van der Waals surface area contributed by atoms with Gasteiger partial charge in [-0.2, -0.15) is 0 Å². The van der Waals surface area contributed by atoms with Gasteiger partial charge in [-0.15, -0.1) is 0 Å². The summed E-state index contributed by atoms with van der Waals surface area (Å²) in [4.78, 5) is 0. The smallest absolute Gasteiger partial charge is 0.132 e. The average Bonchev–Trinajstić information content (AvgIpc) is 2.30. The molecule has 1 heterocycles. The second-order valence-corrected chi connectivity index (χ2v) is 5.56. The normalized spacial score (nSPS) is 14.4. The topological polar surface area (TPSA) is 17.1 Å². The molecule has 74 valence electrons. The van der Waals surface area contributed by atoms with Gasteiger partial charge in [0.05, 0.1) is 0 Å². The zero-order valence-corrected chi connectivity index (χ0v) is 9.23. The van der Waals surface area contributed by atoms with Crippen LogP contribution in [-0.2, 0) is 11.0 Å². The van der Waals surface area contributed by atoms with E-state index in [0.717, 1.165) is 17.0 Å². The van der Waals surface area contributed by atoms with Crippen molar-refractivity contribution in [2.75, 3.05) is 0 Å². The lowest BCUT2D eigenvalue weighted by atomic mass is 10.0. The summed E-state index contributed by atoms with van der Waals surface area (Å²) >= 11 is 0. The van der Waals surface area contributed by atoms with E-state index in [2.05, 4.69) is 12.1 Å². The first-order valence-corrected chi connectivity index (χ1v) is 6.47. The molecule has 0 amide bonds. The molecule has 0 unspecified atom stereocenters. The largest absolute Gasteiger partial charge is 0.317 e. The molecule has 1 nitrogen and oxygen atoms in total. The van der Waals surface area contributed by atoms with E-state index >= 15 is 0 Å². The lowest BCUT2D eigenvalue weighted by molar-refractivity contribution is 0.597. The highest BCUT2D eigenvalue weighted by Crippen LogP contribution is 2.29. The van der Waals surface area contributed by atoms with Crippen LogP contribution in [0.2, 0.25) is 0 Å². The van der Waals surface area contributed by atoms with Crippen molar-refractivity contribution in [3.63, 3.8) is 0 Å². The van der Waals surface area contributed by atoms with Crippen LogP contribution in [-0.4, -0.2) is 0 Å². The molecule has 3 rings (SSSR count). The average molecular weight is 214 g/mol. The predicted molar refractivity (Wildman–Crippen MR) is 64.0 cm³/mol. The van der Waals surface area contributed by atoms with Crippen LogP contribution in [0.3, 0.4) is 0 Å². The second-order valence-electron chi connectivity index (χ2n) is 3.82. The Morgan fingerprint density at radius 1 is 0.800 bits per heavy atom. The molecule has 0 radical (unpaired) electrons. The van der Waals surface area contributed by atoms with E-state index in [9.17, 15) is 4.57 Å². The van der Waals surface area contributed by atoms with Crippen LogP contribution in [0.15, 0.2) is 48.5 Å². The van der Waals surface area contributed by atoms with Crippen molar-refractivity contribution in [1.29, 1.82) is 0 Å². The minimum Gasteiger partial charge on any atom is -0.317 e. The van der Waals surface area contributed by atoms with Crippen molar-refractivity contribution in [2.24, 2.45) is 0 Å². The minimum absolute atomic E-state index is 0.919. The Balaban J connectivity index is 2.24. The lowest BCUT2D eigenvalue weighted by Crippen LogP contribution is -2.21. The van der Waals surface area contributed by atoms with Gasteiger partial charge in [-0.25, -0.2) is 0 Å². The fourth-order valence-corrected chi connectivity index (χ4v) is 3.85. The molecule has 0 aliphatic carbocycles. The minimum atomic E-state index is -1.76. The molecule has 0 saturated heterocycles. The first-order valence-electron chi connectivity index (χ1n) is 5.07. The van der Waals surface area contributed by atoms with Crippen LogP contribution in [0, 0.1) is 0 Å². The number of fused-ring (bicyclic) bond motifs is 2. The van der Waals surface area contributed by atoms with E-state index < -0.39 is 7.80 Å². The van der Waals surface area contributed by atoms with Gasteiger partial charge < -0.3 is 4.57 Å². The predicted octanol–water partition coefficient (Wildman–Crippen LogP) is 2.10. The third-order valence-electron chi connectivity index (χ3n) is 2.90. The molecule has 0 aromatic heterocycles.